The molecule has 0 spiro atoms. The van der Waals surface area contributed by atoms with Crippen LogP contribution in [0.15, 0.2) is 35.1 Å². The number of pyridine rings is 2. The standard InChI is InChI=1S/C25H20ClFN6O3/c26-13-8-14-22(32-33-23(14)29-10-13)21-15(9-28)18(16-2-1-7-36-16)19(27)24(31-21)30-20-12-5-3-11(4-6-12)17(20)25(34)35/h1-2,7-8,10-12,17,20H,3-6H2,(H,30,31)(H,34,35)(H,29,32,33)/t11?,12?,17-,20-/m0/s1. The molecule has 2 bridgehead atoms. The number of aromatic amines is 1. The zero-order valence-electron chi connectivity index (χ0n) is 18.8. The zero-order valence-corrected chi connectivity index (χ0v) is 19.6. The number of nitrogens with zero attached hydrogens (tertiary/aromatic N) is 4. The summed E-state index contributed by atoms with van der Waals surface area (Å²) in [4.78, 5) is 20.9. The summed E-state index contributed by atoms with van der Waals surface area (Å²) in [7, 11) is 0. The molecular formula is C25H20ClFN6O3. The van der Waals surface area contributed by atoms with Crippen molar-refractivity contribution >= 4 is 34.4 Å². The minimum absolute atomic E-state index is 0.0280. The lowest BCUT2D eigenvalue weighted by Crippen LogP contribution is -2.51. The quantitative estimate of drug-likeness (QED) is 0.333. The summed E-state index contributed by atoms with van der Waals surface area (Å²) in [6.07, 6.45) is 6.27. The molecule has 11 heteroatoms. The van der Waals surface area contributed by atoms with Gasteiger partial charge in [0, 0.05) is 17.6 Å². The van der Waals surface area contributed by atoms with Crippen molar-refractivity contribution in [3.8, 4) is 28.8 Å². The van der Waals surface area contributed by atoms with Crippen LogP contribution in [-0.4, -0.2) is 37.3 Å². The van der Waals surface area contributed by atoms with E-state index in [4.69, 9.17) is 16.0 Å². The number of aliphatic carboxylic acids is 1. The Morgan fingerprint density at radius 2 is 2.08 bits per heavy atom. The van der Waals surface area contributed by atoms with Gasteiger partial charge in [0.05, 0.1) is 34.0 Å². The van der Waals surface area contributed by atoms with E-state index in [0.717, 1.165) is 25.7 Å². The van der Waals surface area contributed by atoms with Crippen molar-refractivity contribution in [1.29, 1.82) is 5.26 Å². The minimum atomic E-state index is -0.900. The number of aromatic nitrogens is 4. The molecule has 3 saturated carbocycles. The molecule has 2 atom stereocenters. The number of furan rings is 1. The van der Waals surface area contributed by atoms with Gasteiger partial charge in [-0.05, 0) is 55.7 Å². The number of carbonyl (C=O) groups is 1. The normalized spacial score (nSPS) is 23.0. The molecule has 3 N–H and O–H groups in total. The first-order chi connectivity index (χ1) is 17.5. The maximum Gasteiger partial charge on any atom is 0.308 e. The highest BCUT2D eigenvalue weighted by Gasteiger charge is 2.47. The van der Waals surface area contributed by atoms with Crippen molar-refractivity contribution in [2.75, 3.05) is 5.32 Å². The van der Waals surface area contributed by atoms with Gasteiger partial charge in [0.1, 0.15) is 17.5 Å². The van der Waals surface area contributed by atoms with Crippen molar-refractivity contribution in [3.63, 3.8) is 0 Å². The van der Waals surface area contributed by atoms with Gasteiger partial charge in [0.15, 0.2) is 17.3 Å². The van der Waals surface area contributed by atoms with E-state index in [2.05, 4.69) is 31.6 Å². The summed E-state index contributed by atoms with van der Waals surface area (Å²) in [6, 6.07) is 6.36. The molecule has 9 nitrogen and oxygen atoms in total. The highest BCUT2D eigenvalue weighted by Crippen LogP contribution is 2.47. The molecule has 3 aliphatic carbocycles. The fourth-order valence-corrected chi connectivity index (χ4v) is 5.98. The molecule has 7 rings (SSSR count). The Bertz CT molecular complexity index is 1520. The van der Waals surface area contributed by atoms with Crippen LogP contribution in [-0.2, 0) is 4.79 Å². The number of hydrogen-bond donors (Lipinski definition) is 3. The van der Waals surface area contributed by atoms with Gasteiger partial charge in [0.25, 0.3) is 0 Å². The third-order valence-electron chi connectivity index (χ3n) is 7.44. The maximum atomic E-state index is 16.1. The average Bonchev–Trinajstić information content (AvgIpc) is 3.55. The number of rotatable bonds is 5. The maximum absolute atomic E-state index is 16.1. The molecule has 3 aliphatic rings. The molecule has 0 saturated heterocycles. The second-order valence-electron chi connectivity index (χ2n) is 9.29. The molecule has 182 valence electrons. The van der Waals surface area contributed by atoms with E-state index in [1.165, 1.54) is 12.5 Å². The lowest BCUT2D eigenvalue weighted by molar-refractivity contribution is -0.148. The van der Waals surface area contributed by atoms with Gasteiger partial charge in [-0.25, -0.2) is 14.4 Å². The number of hydrogen-bond acceptors (Lipinski definition) is 7. The Balaban J connectivity index is 1.56. The van der Waals surface area contributed by atoms with Gasteiger partial charge in [-0.1, -0.05) is 11.6 Å². The van der Waals surface area contributed by atoms with E-state index in [1.807, 2.05) is 0 Å². The molecular weight excluding hydrogens is 487 g/mol. The summed E-state index contributed by atoms with van der Waals surface area (Å²) in [5.41, 5.74) is 0.702. The van der Waals surface area contributed by atoms with Crippen LogP contribution in [0.2, 0.25) is 5.02 Å². The van der Waals surface area contributed by atoms with Crippen molar-refractivity contribution in [2.45, 2.75) is 31.7 Å². The smallest absolute Gasteiger partial charge is 0.308 e. The fraction of sp³-hybridized carbons (Fsp3) is 0.320. The SMILES string of the molecule is N#Cc1c(-c2[nH]nc3ncc(Cl)cc23)nc(N[C@H]2C3CCC(CC3)[C@@H]2C(=O)O)c(F)c1-c1ccco1. The number of nitriles is 1. The topological polar surface area (TPSA) is 141 Å². The van der Waals surface area contributed by atoms with Gasteiger partial charge in [-0.15, -0.1) is 0 Å². The van der Waals surface area contributed by atoms with Crippen molar-refractivity contribution < 1.29 is 18.7 Å². The molecule has 4 heterocycles. The molecule has 0 aromatic carbocycles. The number of nitrogens with one attached hydrogen (secondary N) is 2. The Morgan fingerprint density at radius 1 is 1.31 bits per heavy atom. The molecule has 36 heavy (non-hydrogen) atoms. The molecule has 0 aliphatic heterocycles. The first-order valence-corrected chi connectivity index (χ1v) is 12.0. The number of fused-ring (bicyclic) bond motifs is 4. The highest BCUT2D eigenvalue weighted by atomic mass is 35.5. The Kier molecular flexibility index (Phi) is 5.38. The molecule has 0 amide bonds. The summed E-state index contributed by atoms with van der Waals surface area (Å²) < 4.78 is 21.5. The molecule has 0 radical (unpaired) electrons. The lowest BCUT2D eigenvalue weighted by atomic mass is 9.61. The average molecular weight is 507 g/mol. The van der Waals surface area contributed by atoms with E-state index in [0.29, 0.717) is 21.7 Å². The molecule has 3 fully saturated rings. The fourth-order valence-electron chi connectivity index (χ4n) is 5.83. The van der Waals surface area contributed by atoms with Crippen LogP contribution in [0.25, 0.3) is 33.7 Å². The highest BCUT2D eigenvalue weighted by molar-refractivity contribution is 6.31. The van der Waals surface area contributed by atoms with Crippen molar-refractivity contribution in [3.05, 3.63) is 47.1 Å². The Labute approximate surface area is 209 Å². The van der Waals surface area contributed by atoms with Crippen LogP contribution in [0, 0.1) is 34.9 Å². The summed E-state index contributed by atoms with van der Waals surface area (Å²) in [5.74, 6) is -2.22. The van der Waals surface area contributed by atoms with E-state index >= 15 is 4.39 Å². The second kappa shape index (κ2) is 8.60. The lowest BCUT2D eigenvalue weighted by Gasteiger charge is -2.47. The van der Waals surface area contributed by atoms with E-state index < -0.39 is 23.7 Å². The molecule has 4 aromatic heterocycles. The minimum Gasteiger partial charge on any atom is -0.481 e. The van der Waals surface area contributed by atoms with Crippen LogP contribution < -0.4 is 5.32 Å². The van der Waals surface area contributed by atoms with Crippen molar-refractivity contribution in [2.24, 2.45) is 17.8 Å². The van der Waals surface area contributed by atoms with Crippen LogP contribution in [0.1, 0.15) is 31.2 Å². The number of anilines is 1. The number of halogens is 2. The third-order valence-corrected chi connectivity index (χ3v) is 7.64. The number of carboxylic acid groups (broad SMARTS) is 1. The second-order valence-corrected chi connectivity index (χ2v) is 9.73. The van der Waals surface area contributed by atoms with Gasteiger partial charge < -0.3 is 14.8 Å². The Morgan fingerprint density at radius 3 is 2.78 bits per heavy atom. The Hall–Kier alpha value is -3.97. The van der Waals surface area contributed by atoms with Crippen LogP contribution in [0.3, 0.4) is 0 Å². The van der Waals surface area contributed by atoms with E-state index in [9.17, 15) is 15.2 Å². The van der Waals surface area contributed by atoms with Crippen LogP contribution in [0.5, 0.6) is 0 Å². The van der Waals surface area contributed by atoms with E-state index in [-0.39, 0.29) is 40.2 Å². The monoisotopic (exact) mass is 506 g/mol. The molecule has 4 aromatic rings. The number of H-pyrrole nitrogens is 1. The summed E-state index contributed by atoms with van der Waals surface area (Å²) >= 11 is 6.16. The predicted molar refractivity (Wildman–Crippen MR) is 128 cm³/mol. The predicted octanol–water partition coefficient (Wildman–Crippen LogP) is 5.25. The summed E-state index contributed by atoms with van der Waals surface area (Å²) in [5, 5.41) is 31.1. The third kappa shape index (κ3) is 3.50. The first kappa shape index (κ1) is 22.5. The van der Waals surface area contributed by atoms with Crippen LogP contribution in [0.4, 0.5) is 10.2 Å². The van der Waals surface area contributed by atoms with Gasteiger partial charge in [-0.2, -0.15) is 10.4 Å². The molecule has 0 unspecified atom stereocenters. The van der Waals surface area contributed by atoms with E-state index in [1.54, 1.807) is 18.2 Å². The first-order valence-electron chi connectivity index (χ1n) is 11.6. The van der Waals surface area contributed by atoms with Gasteiger partial charge in [-0.3, -0.25) is 9.89 Å². The number of carboxylic acids is 1. The van der Waals surface area contributed by atoms with Gasteiger partial charge in [0.2, 0.25) is 0 Å². The largest absolute Gasteiger partial charge is 0.481 e. The zero-order chi connectivity index (χ0) is 25.0. The summed E-state index contributed by atoms with van der Waals surface area (Å²) in [6.45, 7) is 0. The van der Waals surface area contributed by atoms with Crippen LogP contribution >= 0.6 is 11.6 Å². The van der Waals surface area contributed by atoms with Gasteiger partial charge >= 0.3 is 5.97 Å². The van der Waals surface area contributed by atoms with Crippen molar-refractivity contribution in [1.82, 2.24) is 20.2 Å².